The second-order valence-corrected chi connectivity index (χ2v) is 8.12. The summed E-state index contributed by atoms with van der Waals surface area (Å²) in [5.74, 6) is -0.794. The number of hydrogen-bond donors (Lipinski definition) is 4. The molecule has 0 fully saturated rings. The Morgan fingerprint density at radius 2 is 1.09 bits per heavy atom. The first-order chi connectivity index (χ1) is 9.99. The molecule has 0 aromatic heterocycles. The average molecular weight is 352 g/mol. The van der Waals surface area contributed by atoms with E-state index in [1.807, 2.05) is 0 Å². The maximum atomic E-state index is 10.7. The van der Waals surface area contributed by atoms with Crippen LogP contribution in [0.3, 0.4) is 0 Å². The molecule has 1 aromatic rings. The minimum atomic E-state index is -4.05. The molecule has 0 aliphatic carbocycles. The fourth-order valence-corrected chi connectivity index (χ4v) is 3.20. The van der Waals surface area contributed by atoms with Crippen molar-refractivity contribution < 1.29 is 25.9 Å². The molecule has 0 aliphatic rings. The van der Waals surface area contributed by atoms with Crippen LogP contribution in [0.2, 0.25) is 0 Å². The summed E-state index contributed by atoms with van der Waals surface area (Å²) >= 11 is 0. The molecule has 0 saturated heterocycles. The summed E-state index contributed by atoms with van der Waals surface area (Å²) in [5.41, 5.74) is 13.8. The minimum Gasteiger partial charge on any atom is -0.398 e. The number of anilines is 2. The van der Waals surface area contributed by atoms with Crippen LogP contribution < -0.4 is 11.5 Å². The monoisotopic (exact) mass is 352 g/mol. The lowest BCUT2D eigenvalue weighted by molar-refractivity contribution is 0.478. The molecule has 126 valence electrons. The van der Waals surface area contributed by atoms with Gasteiger partial charge in [-0.2, -0.15) is 16.8 Å². The number of nitrogens with two attached hydrogens (primary N) is 2. The molecule has 1 rings (SSSR count). The molecule has 0 spiro atoms. The lowest BCUT2D eigenvalue weighted by Crippen LogP contribution is -2.10. The van der Waals surface area contributed by atoms with Crippen molar-refractivity contribution in [3.8, 4) is 0 Å². The molecule has 0 unspecified atom stereocenters. The van der Waals surface area contributed by atoms with Crippen molar-refractivity contribution in [2.24, 2.45) is 0 Å². The zero-order valence-corrected chi connectivity index (χ0v) is 13.5. The SMILES string of the molecule is Nc1ccc(N)c(CCCS(=O)(=O)O)c1CCCS(=O)(=O)O. The lowest BCUT2D eigenvalue weighted by atomic mass is 9.96. The first-order valence-corrected chi connectivity index (χ1v) is 9.77. The molecule has 0 atom stereocenters. The molecule has 0 aliphatic heterocycles. The summed E-state index contributed by atoms with van der Waals surface area (Å²) in [7, 11) is -8.10. The third-order valence-corrected chi connectivity index (χ3v) is 4.77. The van der Waals surface area contributed by atoms with E-state index in [1.54, 1.807) is 12.1 Å². The Labute approximate surface area is 130 Å². The average Bonchev–Trinajstić information content (AvgIpc) is 2.33. The molecule has 10 heteroatoms. The third kappa shape index (κ3) is 6.60. The van der Waals surface area contributed by atoms with Gasteiger partial charge in [-0.3, -0.25) is 9.11 Å². The van der Waals surface area contributed by atoms with E-state index in [9.17, 15) is 16.8 Å². The van der Waals surface area contributed by atoms with Gasteiger partial charge in [-0.15, -0.1) is 0 Å². The van der Waals surface area contributed by atoms with Gasteiger partial charge in [0.1, 0.15) is 0 Å². The summed E-state index contributed by atoms with van der Waals surface area (Å²) in [4.78, 5) is 0. The predicted molar refractivity (Wildman–Crippen MR) is 84.7 cm³/mol. The number of hydrogen-bond acceptors (Lipinski definition) is 6. The molecule has 0 bridgehead atoms. The molecule has 0 heterocycles. The molecule has 22 heavy (non-hydrogen) atoms. The summed E-state index contributed by atoms with van der Waals surface area (Å²) < 4.78 is 60.5. The quantitative estimate of drug-likeness (QED) is 0.388. The lowest BCUT2D eigenvalue weighted by Gasteiger charge is -2.14. The van der Waals surface area contributed by atoms with Gasteiger partial charge in [0, 0.05) is 11.4 Å². The van der Waals surface area contributed by atoms with E-state index in [2.05, 4.69) is 0 Å². The van der Waals surface area contributed by atoms with E-state index in [1.165, 1.54) is 0 Å². The number of nitrogen functional groups attached to an aromatic ring is 2. The predicted octanol–water partition coefficient (Wildman–Crippen LogP) is 0.492. The molecule has 6 N–H and O–H groups in total. The van der Waals surface area contributed by atoms with Crippen LogP contribution in [0.4, 0.5) is 11.4 Å². The molecule has 0 amide bonds. The largest absolute Gasteiger partial charge is 0.398 e. The zero-order chi connectivity index (χ0) is 17.0. The molecule has 0 saturated carbocycles. The molecular formula is C12H20N2O6S2. The van der Waals surface area contributed by atoms with E-state index >= 15 is 0 Å². The van der Waals surface area contributed by atoms with Crippen LogP contribution in [0.1, 0.15) is 24.0 Å². The van der Waals surface area contributed by atoms with Crippen molar-refractivity contribution in [3.63, 3.8) is 0 Å². The van der Waals surface area contributed by atoms with Gasteiger partial charge in [-0.25, -0.2) is 0 Å². The van der Waals surface area contributed by atoms with Gasteiger partial charge in [0.15, 0.2) is 0 Å². The molecule has 1 aromatic carbocycles. The van der Waals surface area contributed by atoms with Crippen molar-refractivity contribution in [1.82, 2.24) is 0 Å². The van der Waals surface area contributed by atoms with Crippen LogP contribution in [0, 0.1) is 0 Å². The van der Waals surface area contributed by atoms with Crippen LogP contribution in [0.5, 0.6) is 0 Å². The van der Waals surface area contributed by atoms with Gasteiger partial charge in [-0.1, -0.05) is 0 Å². The van der Waals surface area contributed by atoms with Crippen molar-refractivity contribution in [2.45, 2.75) is 25.7 Å². The van der Waals surface area contributed by atoms with E-state index in [0.29, 0.717) is 22.5 Å². The minimum absolute atomic E-state index is 0.164. The van der Waals surface area contributed by atoms with Crippen LogP contribution in [-0.2, 0) is 33.1 Å². The van der Waals surface area contributed by atoms with Gasteiger partial charge in [0.05, 0.1) is 11.5 Å². The summed E-state index contributed by atoms with van der Waals surface area (Å²) in [6, 6.07) is 3.18. The number of benzene rings is 1. The Morgan fingerprint density at radius 1 is 0.773 bits per heavy atom. The first kappa shape index (κ1) is 18.7. The Kier molecular flexibility index (Phi) is 6.17. The highest BCUT2D eigenvalue weighted by atomic mass is 32.2. The highest BCUT2D eigenvalue weighted by Gasteiger charge is 2.13. The normalized spacial score (nSPS) is 12.5. The summed E-state index contributed by atoms with van der Waals surface area (Å²) in [5, 5.41) is 0. The van der Waals surface area contributed by atoms with Gasteiger partial charge in [-0.05, 0) is 48.9 Å². The molecular weight excluding hydrogens is 332 g/mol. The van der Waals surface area contributed by atoms with Crippen LogP contribution in [0.15, 0.2) is 12.1 Å². The molecule has 8 nitrogen and oxygen atoms in total. The highest BCUT2D eigenvalue weighted by Crippen LogP contribution is 2.26. The standard InChI is InChI=1S/C12H20N2O6S2/c13-11-5-6-12(14)10(4-2-8-22(18,19)20)9(11)3-1-7-21(15,16)17/h5-6H,1-4,7-8,13-14H2,(H,15,16,17)(H,18,19,20). The Balaban J connectivity index is 2.88. The second-order valence-electron chi connectivity index (χ2n) is 4.98. The van der Waals surface area contributed by atoms with Crippen molar-refractivity contribution in [3.05, 3.63) is 23.3 Å². The summed E-state index contributed by atoms with van der Waals surface area (Å²) in [6.07, 6.45) is 0.908. The smallest absolute Gasteiger partial charge is 0.264 e. The Bertz CT molecular complexity index is 665. The van der Waals surface area contributed by atoms with Crippen LogP contribution in [0.25, 0.3) is 0 Å². The topological polar surface area (TPSA) is 161 Å². The highest BCUT2D eigenvalue weighted by molar-refractivity contribution is 7.86. The maximum Gasteiger partial charge on any atom is 0.264 e. The van der Waals surface area contributed by atoms with Gasteiger partial charge in [0.2, 0.25) is 0 Å². The van der Waals surface area contributed by atoms with E-state index in [-0.39, 0.29) is 25.7 Å². The van der Waals surface area contributed by atoms with Crippen molar-refractivity contribution in [1.29, 1.82) is 0 Å². The number of rotatable bonds is 8. The van der Waals surface area contributed by atoms with Gasteiger partial charge in [0.25, 0.3) is 20.2 Å². The Hall–Kier alpha value is -1.36. The van der Waals surface area contributed by atoms with Gasteiger partial charge >= 0.3 is 0 Å². The van der Waals surface area contributed by atoms with Crippen molar-refractivity contribution in [2.75, 3.05) is 23.0 Å². The fraction of sp³-hybridized carbons (Fsp3) is 0.500. The molecule has 0 radical (unpaired) electrons. The fourth-order valence-electron chi connectivity index (χ4n) is 2.18. The third-order valence-electron chi connectivity index (χ3n) is 3.16. The van der Waals surface area contributed by atoms with E-state index in [0.717, 1.165) is 0 Å². The second kappa shape index (κ2) is 7.27. The first-order valence-electron chi connectivity index (χ1n) is 6.55. The zero-order valence-electron chi connectivity index (χ0n) is 11.9. The maximum absolute atomic E-state index is 10.7. The van der Waals surface area contributed by atoms with Crippen LogP contribution in [-0.4, -0.2) is 37.4 Å². The van der Waals surface area contributed by atoms with Crippen LogP contribution >= 0.6 is 0 Å². The van der Waals surface area contributed by atoms with Gasteiger partial charge < -0.3 is 11.5 Å². The summed E-state index contributed by atoms with van der Waals surface area (Å²) in [6.45, 7) is 0. The Morgan fingerprint density at radius 3 is 1.36 bits per heavy atom. The van der Waals surface area contributed by atoms with E-state index < -0.39 is 31.7 Å². The van der Waals surface area contributed by atoms with E-state index in [4.69, 9.17) is 20.6 Å². The van der Waals surface area contributed by atoms with Crippen molar-refractivity contribution >= 4 is 31.6 Å².